The van der Waals surface area contributed by atoms with Gasteiger partial charge in [-0.3, -0.25) is 4.79 Å². The average molecular weight is 359 g/mol. The number of anilines is 1. The van der Waals surface area contributed by atoms with Crippen LogP contribution in [0.5, 0.6) is 0 Å². The molecule has 0 aliphatic heterocycles. The van der Waals surface area contributed by atoms with Gasteiger partial charge in [0.1, 0.15) is 0 Å². The first-order valence-corrected chi connectivity index (χ1v) is 7.16. The van der Waals surface area contributed by atoms with Crippen molar-refractivity contribution >= 4 is 43.5 Å². The SMILES string of the molecule is O=C(Nc1ccc(Br)cc1Br)[C@H]1CC=CCC1. The molecule has 1 atom stereocenters. The Morgan fingerprint density at radius 1 is 1.29 bits per heavy atom. The van der Waals surface area contributed by atoms with Gasteiger partial charge in [0, 0.05) is 14.9 Å². The summed E-state index contributed by atoms with van der Waals surface area (Å²) in [7, 11) is 0. The van der Waals surface area contributed by atoms with E-state index in [1.807, 2.05) is 18.2 Å². The van der Waals surface area contributed by atoms with Gasteiger partial charge in [0.25, 0.3) is 0 Å². The van der Waals surface area contributed by atoms with Crippen molar-refractivity contribution in [1.82, 2.24) is 0 Å². The van der Waals surface area contributed by atoms with Crippen LogP contribution in [0.2, 0.25) is 0 Å². The highest BCUT2D eigenvalue weighted by Gasteiger charge is 2.19. The number of rotatable bonds is 2. The Morgan fingerprint density at radius 2 is 2.12 bits per heavy atom. The summed E-state index contributed by atoms with van der Waals surface area (Å²) in [5.41, 5.74) is 0.827. The molecule has 0 radical (unpaired) electrons. The van der Waals surface area contributed by atoms with Crippen LogP contribution in [0.15, 0.2) is 39.3 Å². The molecular formula is C13H13Br2NO. The van der Waals surface area contributed by atoms with Crippen LogP contribution in [0.25, 0.3) is 0 Å². The van der Waals surface area contributed by atoms with Gasteiger partial charge in [0.05, 0.1) is 5.69 Å². The van der Waals surface area contributed by atoms with Gasteiger partial charge >= 0.3 is 0 Å². The number of benzene rings is 1. The van der Waals surface area contributed by atoms with Crippen molar-refractivity contribution in [3.05, 3.63) is 39.3 Å². The minimum Gasteiger partial charge on any atom is -0.325 e. The highest BCUT2D eigenvalue weighted by Crippen LogP contribution is 2.27. The predicted molar refractivity (Wildman–Crippen MR) is 77.0 cm³/mol. The fourth-order valence-corrected chi connectivity index (χ4v) is 3.00. The standard InChI is InChI=1S/C13H13Br2NO/c14-10-6-7-12(11(15)8-10)16-13(17)9-4-2-1-3-5-9/h1-2,6-9H,3-5H2,(H,16,17)/t9-/m0/s1. The quantitative estimate of drug-likeness (QED) is 0.774. The topological polar surface area (TPSA) is 29.1 Å². The first-order valence-electron chi connectivity index (χ1n) is 5.58. The average Bonchev–Trinajstić information content (AvgIpc) is 2.34. The molecule has 0 fully saturated rings. The van der Waals surface area contributed by atoms with E-state index in [9.17, 15) is 4.79 Å². The lowest BCUT2D eigenvalue weighted by Crippen LogP contribution is -2.23. The molecule has 1 amide bonds. The van der Waals surface area contributed by atoms with Crippen LogP contribution in [-0.2, 0) is 4.79 Å². The summed E-state index contributed by atoms with van der Waals surface area (Å²) in [6, 6.07) is 5.74. The van der Waals surface area contributed by atoms with Crippen molar-refractivity contribution in [3.8, 4) is 0 Å². The summed E-state index contributed by atoms with van der Waals surface area (Å²) >= 11 is 6.83. The van der Waals surface area contributed by atoms with Crippen molar-refractivity contribution in [2.75, 3.05) is 5.32 Å². The molecule has 1 aromatic carbocycles. The minimum absolute atomic E-state index is 0.107. The second-order valence-corrected chi connectivity index (χ2v) is 5.86. The largest absolute Gasteiger partial charge is 0.325 e. The van der Waals surface area contributed by atoms with E-state index in [4.69, 9.17) is 0 Å². The molecule has 17 heavy (non-hydrogen) atoms. The van der Waals surface area contributed by atoms with Crippen molar-refractivity contribution < 1.29 is 4.79 Å². The fraction of sp³-hybridized carbons (Fsp3) is 0.308. The number of amides is 1. The first-order chi connectivity index (χ1) is 8.16. The molecule has 0 spiro atoms. The summed E-state index contributed by atoms with van der Waals surface area (Å²) in [4.78, 5) is 12.0. The van der Waals surface area contributed by atoms with E-state index in [-0.39, 0.29) is 11.8 Å². The van der Waals surface area contributed by atoms with E-state index < -0.39 is 0 Å². The highest BCUT2D eigenvalue weighted by molar-refractivity contribution is 9.11. The normalized spacial score (nSPS) is 19.1. The van der Waals surface area contributed by atoms with Crippen molar-refractivity contribution in [1.29, 1.82) is 0 Å². The zero-order valence-electron chi connectivity index (χ0n) is 9.25. The first kappa shape index (κ1) is 12.8. The molecule has 1 aliphatic carbocycles. The zero-order valence-corrected chi connectivity index (χ0v) is 12.4. The predicted octanol–water partition coefficient (Wildman–Crippen LogP) is 4.51. The number of hydrogen-bond acceptors (Lipinski definition) is 1. The number of hydrogen-bond donors (Lipinski definition) is 1. The second kappa shape index (κ2) is 5.83. The smallest absolute Gasteiger partial charge is 0.227 e. The Kier molecular flexibility index (Phi) is 4.40. The number of halogens is 2. The second-order valence-electron chi connectivity index (χ2n) is 4.09. The van der Waals surface area contributed by atoms with Gasteiger partial charge in [0.15, 0.2) is 0 Å². The third-order valence-corrected chi connectivity index (χ3v) is 3.98. The Hall–Kier alpha value is -0.610. The molecule has 0 unspecified atom stereocenters. The van der Waals surface area contributed by atoms with E-state index in [0.29, 0.717) is 0 Å². The lowest BCUT2D eigenvalue weighted by Gasteiger charge is -2.17. The number of nitrogens with one attached hydrogen (secondary N) is 1. The van der Waals surface area contributed by atoms with E-state index in [1.54, 1.807) is 0 Å². The van der Waals surface area contributed by atoms with Gasteiger partial charge in [-0.2, -0.15) is 0 Å². The van der Waals surface area contributed by atoms with E-state index >= 15 is 0 Å². The minimum atomic E-state index is 0.107. The van der Waals surface area contributed by atoms with Crippen LogP contribution < -0.4 is 5.32 Å². The van der Waals surface area contributed by atoms with Crippen LogP contribution in [0.4, 0.5) is 5.69 Å². The third-order valence-electron chi connectivity index (χ3n) is 2.83. The van der Waals surface area contributed by atoms with Crippen LogP contribution in [0, 0.1) is 5.92 Å². The molecule has 0 heterocycles. The number of allylic oxidation sites excluding steroid dienone is 2. The van der Waals surface area contributed by atoms with Crippen molar-refractivity contribution in [3.63, 3.8) is 0 Å². The Labute approximate surface area is 118 Å². The van der Waals surface area contributed by atoms with Crippen LogP contribution >= 0.6 is 31.9 Å². The van der Waals surface area contributed by atoms with Crippen molar-refractivity contribution in [2.24, 2.45) is 5.92 Å². The van der Waals surface area contributed by atoms with Gasteiger partial charge in [-0.15, -0.1) is 0 Å². The molecule has 0 saturated heterocycles. The monoisotopic (exact) mass is 357 g/mol. The Morgan fingerprint density at radius 3 is 2.76 bits per heavy atom. The van der Waals surface area contributed by atoms with Gasteiger partial charge in [-0.25, -0.2) is 0 Å². The van der Waals surface area contributed by atoms with Crippen LogP contribution in [0.3, 0.4) is 0 Å². The van der Waals surface area contributed by atoms with Gasteiger partial charge in [-0.1, -0.05) is 28.1 Å². The molecule has 0 aromatic heterocycles. The molecule has 2 nitrogen and oxygen atoms in total. The maximum absolute atomic E-state index is 12.0. The summed E-state index contributed by atoms with van der Waals surface area (Å²) in [6.45, 7) is 0. The zero-order chi connectivity index (χ0) is 12.3. The van der Waals surface area contributed by atoms with Crippen LogP contribution in [0.1, 0.15) is 19.3 Å². The van der Waals surface area contributed by atoms with Crippen molar-refractivity contribution in [2.45, 2.75) is 19.3 Å². The molecule has 0 saturated carbocycles. The Balaban J connectivity index is 2.05. The van der Waals surface area contributed by atoms with Gasteiger partial charge in [0.2, 0.25) is 5.91 Å². The maximum Gasteiger partial charge on any atom is 0.227 e. The molecule has 2 rings (SSSR count). The molecule has 1 aliphatic rings. The van der Waals surface area contributed by atoms with E-state index in [1.165, 1.54) is 0 Å². The Bertz CT molecular complexity index is 457. The summed E-state index contributed by atoms with van der Waals surface area (Å²) < 4.78 is 1.88. The lowest BCUT2D eigenvalue weighted by atomic mass is 9.93. The number of carbonyl (C=O) groups is 1. The third kappa shape index (κ3) is 3.42. The van der Waals surface area contributed by atoms with E-state index in [0.717, 1.165) is 33.9 Å². The molecule has 1 N–H and O–H groups in total. The molecule has 1 aromatic rings. The summed E-state index contributed by atoms with van der Waals surface area (Å²) in [6.07, 6.45) is 7.01. The number of carbonyl (C=O) groups excluding carboxylic acids is 1. The molecular weight excluding hydrogens is 346 g/mol. The highest BCUT2D eigenvalue weighted by atomic mass is 79.9. The maximum atomic E-state index is 12.0. The van der Waals surface area contributed by atoms with Gasteiger partial charge in [-0.05, 0) is 53.4 Å². The molecule has 90 valence electrons. The fourth-order valence-electron chi connectivity index (χ4n) is 1.86. The molecule has 4 heteroatoms. The van der Waals surface area contributed by atoms with E-state index in [2.05, 4.69) is 49.3 Å². The summed E-state index contributed by atoms with van der Waals surface area (Å²) in [5.74, 6) is 0.216. The summed E-state index contributed by atoms with van der Waals surface area (Å²) in [5, 5.41) is 2.97. The lowest BCUT2D eigenvalue weighted by molar-refractivity contribution is -0.120. The molecule has 0 bridgehead atoms. The van der Waals surface area contributed by atoms with Gasteiger partial charge < -0.3 is 5.32 Å². The van der Waals surface area contributed by atoms with Crippen LogP contribution in [-0.4, -0.2) is 5.91 Å².